The van der Waals surface area contributed by atoms with E-state index in [9.17, 15) is 0 Å². The lowest BCUT2D eigenvalue weighted by molar-refractivity contribution is -0.147. The van der Waals surface area contributed by atoms with Gasteiger partial charge in [0.2, 0.25) is 0 Å². The van der Waals surface area contributed by atoms with Gasteiger partial charge in [0.15, 0.2) is 6.29 Å². The Morgan fingerprint density at radius 3 is 2.03 bits per heavy atom. The summed E-state index contributed by atoms with van der Waals surface area (Å²) in [4.78, 5) is 0. The summed E-state index contributed by atoms with van der Waals surface area (Å²) in [6, 6.07) is 2.25. The molecule has 3 nitrogen and oxygen atoms in total. The van der Waals surface area contributed by atoms with Crippen molar-refractivity contribution in [2.75, 3.05) is 13.2 Å². The summed E-state index contributed by atoms with van der Waals surface area (Å²) in [5, 5.41) is 8.93. The van der Waals surface area contributed by atoms with Crippen LogP contribution in [0.1, 0.15) is 97.8 Å². The second-order valence-corrected chi connectivity index (χ2v) is 10.4. The Bertz CT molecular complexity index is 515. The van der Waals surface area contributed by atoms with Crippen molar-refractivity contribution < 1.29 is 9.47 Å². The van der Waals surface area contributed by atoms with E-state index in [-0.39, 0.29) is 6.29 Å². The molecule has 3 aliphatic carbocycles. The van der Waals surface area contributed by atoms with Crippen LogP contribution in [0.2, 0.25) is 0 Å². The van der Waals surface area contributed by atoms with E-state index < -0.39 is 0 Å². The predicted molar refractivity (Wildman–Crippen MR) is 118 cm³/mol. The molecule has 0 aromatic heterocycles. The topological polar surface area (TPSA) is 42.2 Å². The third kappa shape index (κ3) is 8.22. The fourth-order valence-corrected chi connectivity index (χ4v) is 5.26. The Labute approximate surface area is 179 Å². The van der Waals surface area contributed by atoms with Gasteiger partial charge < -0.3 is 9.47 Å². The molecule has 0 saturated heterocycles. The Morgan fingerprint density at radius 1 is 0.828 bits per heavy atom. The zero-order chi connectivity index (χ0) is 20.6. The van der Waals surface area contributed by atoms with Crippen molar-refractivity contribution in [1.82, 2.24) is 0 Å². The van der Waals surface area contributed by atoms with E-state index in [2.05, 4.69) is 26.8 Å². The maximum absolute atomic E-state index is 8.93. The zero-order valence-electron chi connectivity index (χ0n) is 19.3. The lowest BCUT2D eigenvalue weighted by Crippen LogP contribution is -2.19. The highest BCUT2D eigenvalue weighted by atomic mass is 16.7. The number of hydrogen-bond acceptors (Lipinski definition) is 3. The average Bonchev–Trinajstić information content (AvgIpc) is 3.62. The first kappa shape index (κ1) is 23.1. The van der Waals surface area contributed by atoms with Gasteiger partial charge in [-0.05, 0) is 86.4 Å². The van der Waals surface area contributed by atoms with Crippen LogP contribution in [0.4, 0.5) is 0 Å². The predicted octanol–water partition coefficient (Wildman–Crippen LogP) is 6.96. The maximum Gasteiger partial charge on any atom is 0.158 e. The molecule has 0 bridgehead atoms. The number of hydrogen-bond donors (Lipinski definition) is 0. The molecule has 0 N–H and O–H groups in total. The van der Waals surface area contributed by atoms with E-state index in [0.717, 1.165) is 54.6 Å². The van der Waals surface area contributed by atoms with E-state index in [1.165, 1.54) is 64.2 Å². The van der Waals surface area contributed by atoms with Crippen LogP contribution in [0, 0.1) is 52.8 Å². The molecule has 8 unspecified atom stereocenters. The van der Waals surface area contributed by atoms with Crippen LogP contribution in [0.3, 0.4) is 0 Å². The molecule has 3 fully saturated rings. The van der Waals surface area contributed by atoms with Crippen LogP contribution in [-0.2, 0) is 9.47 Å². The van der Waals surface area contributed by atoms with Gasteiger partial charge in [0.25, 0.3) is 0 Å². The molecule has 0 heterocycles. The van der Waals surface area contributed by atoms with Crippen LogP contribution in [0.15, 0.2) is 0 Å². The summed E-state index contributed by atoms with van der Waals surface area (Å²) >= 11 is 0. The number of ether oxygens (including phenoxy) is 2. The fraction of sp³-hybridized carbons (Fsp3) is 0.962. The highest BCUT2D eigenvalue weighted by molar-refractivity contribution is 4.94. The third-order valence-electron chi connectivity index (χ3n) is 8.14. The zero-order valence-corrected chi connectivity index (χ0v) is 19.3. The Kier molecular flexibility index (Phi) is 9.32. The molecule has 3 rings (SSSR count). The summed E-state index contributed by atoms with van der Waals surface area (Å²) in [7, 11) is 0. The summed E-state index contributed by atoms with van der Waals surface area (Å²) in [6.07, 6.45) is 14.7. The first-order chi connectivity index (χ1) is 14.1. The molecule has 166 valence electrons. The molecule has 29 heavy (non-hydrogen) atoms. The van der Waals surface area contributed by atoms with Crippen molar-refractivity contribution in [3.63, 3.8) is 0 Å². The van der Waals surface area contributed by atoms with Crippen LogP contribution >= 0.6 is 0 Å². The highest BCUT2D eigenvalue weighted by Crippen LogP contribution is 2.53. The normalized spacial score (nSPS) is 34.4. The Hall–Kier alpha value is -0.590. The van der Waals surface area contributed by atoms with Gasteiger partial charge in [0, 0.05) is 12.8 Å². The smallest absolute Gasteiger partial charge is 0.158 e. The second kappa shape index (κ2) is 11.7. The Balaban J connectivity index is 1.22. The molecule has 0 aromatic carbocycles. The summed E-state index contributed by atoms with van der Waals surface area (Å²) < 4.78 is 12.1. The maximum atomic E-state index is 8.93. The van der Waals surface area contributed by atoms with Gasteiger partial charge >= 0.3 is 0 Å². The van der Waals surface area contributed by atoms with Crippen LogP contribution in [0.25, 0.3) is 0 Å². The molecule has 3 heteroatoms. The molecule has 0 amide bonds. The standard InChI is InChI=1S/C26H45NO2/c1-4-19(3)8-9-21-16-22(21)10-13-28-26(7-6-12-27)29-14-11-23-17-25(23)18-24-15-20(24)5-2/h19-26H,4-11,13-18H2,1-3H3. The van der Waals surface area contributed by atoms with Crippen LogP contribution in [0.5, 0.6) is 0 Å². The molecular formula is C26H45NO2. The second-order valence-electron chi connectivity index (χ2n) is 10.4. The Morgan fingerprint density at radius 2 is 1.41 bits per heavy atom. The van der Waals surface area contributed by atoms with Crippen LogP contribution < -0.4 is 0 Å². The highest BCUT2D eigenvalue weighted by Gasteiger charge is 2.44. The van der Waals surface area contributed by atoms with Gasteiger partial charge in [-0.25, -0.2) is 0 Å². The van der Waals surface area contributed by atoms with Crippen molar-refractivity contribution in [1.29, 1.82) is 5.26 Å². The van der Waals surface area contributed by atoms with E-state index in [1.54, 1.807) is 0 Å². The van der Waals surface area contributed by atoms with Gasteiger partial charge in [-0.15, -0.1) is 0 Å². The molecule has 8 atom stereocenters. The van der Waals surface area contributed by atoms with Crippen molar-refractivity contribution in [2.24, 2.45) is 41.4 Å². The summed E-state index contributed by atoms with van der Waals surface area (Å²) in [5.41, 5.74) is 0. The fourth-order valence-electron chi connectivity index (χ4n) is 5.26. The molecule has 0 spiro atoms. The van der Waals surface area contributed by atoms with Gasteiger partial charge in [-0.2, -0.15) is 5.26 Å². The monoisotopic (exact) mass is 403 g/mol. The van der Waals surface area contributed by atoms with E-state index in [1.807, 2.05) is 0 Å². The van der Waals surface area contributed by atoms with Crippen molar-refractivity contribution in [2.45, 2.75) is 104 Å². The summed E-state index contributed by atoms with van der Waals surface area (Å²) in [6.45, 7) is 8.60. The first-order valence-electron chi connectivity index (χ1n) is 12.7. The minimum Gasteiger partial charge on any atom is -0.353 e. The van der Waals surface area contributed by atoms with Crippen molar-refractivity contribution in [3.05, 3.63) is 0 Å². The SMILES string of the molecule is CCC(C)CCC1CC1CCOC(CCC#N)OCCC1CC1CC1CC1CC. The summed E-state index contributed by atoms with van der Waals surface area (Å²) in [5.74, 6) is 6.63. The van der Waals surface area contributed by atoms with Gasteiger partial charge in [0.1, 0.15) is 0 Å². The molecule has 3 aliphatic rings. The minimum absolute atomic E-state index is 0.169. The van der Waals surface area contributed by atoms with Crippen LogP contribution in [-0.4, -0.2) is 19.5 Å². The quantitative estimate of drug-likeness (QED) is 0.246. The number of nitriles is 1. The van der Waals surface area contributed by atoms with E-state index >= 15 is 0 Å². The van der Waals surface area contributed by atoms with Crippen molar-refractivity contribution >= 4 is 0 Å². The molecule has 0 aromatic rings. The third-order valence-corrected chi connectivity index (χ3v) is 8.14. The first-order valence-corrected chi connectivity index (χ1v) is 12.7. The average molecular weight is 404 g/mol. The van der Waals surface area contributed by atoms with Gasteiger partial charge in [0.05, 0.1) is 19.3 Å². The number of nitrogens with zero attached hydrogens (tertiary/aromatic N) is 1. The van der Waals surface area contributed by atoms with Gasteiger partial charge in [-0.1, -0.05) is 40.0 Å². The molecular weight excluding hydrogens is 358 g/mol. The lowest BCUT2D eigenvalue weighted by Gasteiger charge is -2.18. The lowest BCUT2D eigenvalue weighted by atomic mass is 10.00. The van der Waals surface area contributed by atoms with Gasteiger partial charge in [-0.3, -0.25) is 0 Å². The largest absolute Gasteiger partial charge is 0.353 e. The molecule has 3 saturated carbocycles. The minimum atomic E-state index is -0.169. The number of rotatable bonds is 17. The molecule has 0 radical (unpaired) electrons. The van der Waals surface area contributed by atoms with E-state index in [4.69, 9.17) is 14.7 Å². The van der Waals surface area contributed by atoms with Crippen molar-refractivity contribution in [3.8, 4) is 6.07 Å². The molecule has 0 aliphatic heterocycles. The van der Waals surface area contributed by atoms with E-state index in [0.29, 0.717) is 12.8 Å².